The zero-order valence-corrected chi connectivity index (χ0v) is 39.8. The van der Waals surface area contributed by atoms with E-state index in [1.165, 1.54) is 6.20 Å². The van der Waals surface area contributed by atoms with Crippen molar-refractivity contribution in [1.29, 1.82) is 0 Å². The summed E-state index contributed by atoms with van der Waals surface area (Å²) in [5.41, 5.74) is -20.6. The number of carbonyl (C=O) groups is 1. The largest absolute Gasteiger partial charge is 0.416 e. The Morgan fingerprint density at radius 3 is 1.10 bits per heavy atom. The van der Waals surface area contributed by atoms with Crippen LogP contribution in [0.5, 0.6) is 11.6 Å². The fourth-order valence-corrected chi connectivity index (χ4v) is 8.31. The number of halogens is 24. The molecule has 0 aliphatic rings. The number of Topliss-reactive ketones (excluding diaryl/α,β-unsaturated/α-hetero) is 1. The average Bonchev–Trinajstić information content (AvgIpc) is 1.68. The quantitative estimate of drug-likeness (QED) is 0.0260. The van der Waals surface area contributed by atoms with Gasteiger partial charge in [0.25, 0.3) is 0 Å². The van der Waals surface area contributed by atoms with E-state index in [2.05, 4.69) is 15.0 Å². The monoisotopic (exact) mass is 1200 g/mol. The van der Waals surface area contributed by atoms with Crippen LogP contribution in [0, 0.1) is 0 Å². The Kier molecular flexibility index (Phi) is 17.2. The van der Waals surface area contributed by atoms with Gasteiger partial charge in [0, 0.05) is 16.2 Å². The molecule has 0 saturated carbocycles. The van der Waals surface area contributed by atoms with Crippen LogP contribution in [-0.2, 0) is 56.0 Å². The fraction of sp³-hybridized carbons (Fsp3) is 0.180. The molecule has 7 rings (SSSR count). The highest BCUT2D eigenvalue weighted by molar-refractivity contribution is 7.20. The van der Waals surface area contributed by atoms with Crippen molar-refractivity contribution in [2.75, 3.05) is 0 Å². The van der Waals surface area contributed by atoms with Gasteiger partial charge in [0.15, 0.2) is 6.20 Å². The summed E-state index contributed by atoms with van der Waals surface area (Å²) in [5, 5.41) is 3.54. The Labute approximate surface area is 442 Å². The Bertz CT molecular complexity index is 3090. The third-order valence-electron chi connectivity index (χ3n) is 11.9. The van der Waals surface area contributed by atoms with E-state index < -0.39 is 195 Å². The second kappa shape index (κ2) is 22.5. The molecule has 0 aliphatic carbocycles. The molecule has 434 valence electrons. The molecule has 0 amide bonds. The summed E-state index contributed by atoms with van der Waals surface area (Å²) in [6, 6.07) is 6.96. The number of ether oxygens (including phenoxy) is 1. The van der Waals surface area contributed by atoms with Gasteiger partial charge in [-0.05, 0) is 41.9 Å². The number of nitrogens with zero attached hydrogens (tertiary/aromatic N) is 5. The lowest BCUT2D eigenvalue weighted by molar-refractivity contribution is -0.687. The molecule has 1 heterocycles. The van der Waals surface area contributed by atoms with Gasteiger partial charge in [-0.2, -0.15) is 132 Å². The number of benzene rings is 6. The van der Waals surface area contributed by atoms with Crippen LogP contribution >= 0.6 is 0 Å². The van der Waals surface area contributed by atoms with E-state index in [4.69, 9.17) is 10.3 Å². The van der Waals surface area contributed by atoms with Crippen molar-refractivity contribution < 1.29 is 119 Å². The van der Waals surface area contributed by atoms with E-state index in [1.54, 1.807) is 53.4 Å². The number of hydrogen-bond donors (Lipinski definition) is 0. The fourth-order valence-electron chi connectivity index (χ4n) is 8.31. The molecule has 0 unspecified atom stereocenters. The predicted molar refractivity (Wildman–Crippen MR) is 241 cm³/mol. The third-order valence-corrected chi connectivity index (χ3v) is 11.9. The zero-order valence-electron chi connectivity index (χ0n) is 39.8. The van der Waals surface area contributed by atoms with Gasteiger partial charge in [0.2, 0.25) is 12.3 Å². The molecular formula is C50H26BF24N5O2. The van der Waals surface area contributed by atoms with Crippen molar-refractivity contribution in [2.24, 2.45) is 5.11 Å². The molecular weight excluding hydrogens is 1170 g/mol. The Morgan fingerprint density at radius 2 is 0.793 bits per heavy atom. The molecule has 6 aromatic carbocycles. The molecule has 0 bridgehead atoms. The van der Waals surface area contributed by atoms with Crippen molar-refractivity contribution >= 4 is 39.5 Å². The maximum atomic E-state index is 14.2. The highest BCUT2D eigenvalue weighted by Gasteiger charge is 2.47. The van der Waals surface area contributed by atoms with Crippen LogP contribution in [0.3, 0.4) is 0 Å². The minimum absolute atomic E-state index is 0.0375. The van der Waals surface area contributed by atoms with Crippen LogP contribution < -0.4 is 31.2 Å². The molecule has 0 saturated heterocycles. The molecule has 0 N–H and O–H groups in total. The predicted octanol–water partition coefficient (Wildman–Crippen LogP) is 15.2. The third kappa shape index (κ3) is 14.7. The minimum Gasteiger partial charge on any atom is -0.404 e. The van der Waals surface area contributed by atoms with Gasteiger partial charge in [-0.15, -0.1) is 0 Å². The molecule has 0 atom stereocenters. The smallest absolute Gasteiger partial charge is 0.404 e. The molecule has 82 heavy (non-hydrogen) atoms. The molecule has 1 aromatic heterocycles. The lowest BCUT2D eigenvalue weighted by Gasteiger charge is -2.46. The number of aromatic nitrogens is 2. The number of alkyl halides is 24. The highest BCUT2D eigenvalue weighted by Crippen LogP contribution is 2.41. The maximum absolute atomic E-state index is 14.2. The molecule has 0 aliphatic heterocycles. The molecule has 7 aromatic rings. The van der Waals surface area contributed by atoms with E-state index in [-0.39, 0.29) is 12.3 Å². The summed E-state index contributed by atoms with van der Waals surface area (Å²) in [7, 11) is 0. The van der Waals surface area contributed by atoms with Crippen LogP contribution in [0.4, 0.5) is 111 Å². The van der Waals surface area contributed by atoms with Gasteiger partial charge in [0.05, 0.1) is 50.7 Å². The zero-order chi connectivity index (χ0) is 61.4. The first kappa shape index (κ1) is 62.8. The van der Waals surface area contributed by atoms with Crippen molar-refractivity contribution in [2.45, 2.75) is 56.0 Å². The van der Waals surface area contributed by atoms with Crippen LogP contribution in [0.15, 0.2) is 151 Å². The summed E-state index contributed by atoms with van der Waals surface area (Å²) >= 11 is 0. The van der Waals surface area contributed by atoms with Crippen molar-refractivity contribution in [1.82, 2.24) is 4.98 Å². The van der Waals surface area contributed by atoms with E-state index in [0.29, 0.717) is 22.9 Å². The van der Waals surface area contributed by atoms with Crippen LogP contribution in [0.25, 0.3) is 10.4 Å². The Balaban J connectivity index is 0.000000357. The summed E-state index contributed by atoms with van der Waals surface area (Å²) in [6.45, 7) is 0.123. The molecule has 32 heteroatoms. The maximum Gasteiger partial charge on any atom is 0.416 e. The number of azide groups is 1. The second-order valence-electron chi connectivity index (χ2n) is 17.3. The SMILES string of the molecule is FC(F)(F)c1cc([B-](c2cc(C(F)(F)F)cc(C(F)(F)F)c2)(c2cc(C(F)(F)F)cc(C(F)(F)F)c2)c2cc(C(F)(F)F)cc(C(F)(F)F)c2)cc(C(F)(F)F)c1.[N-]=[N+]=Nc1cccc(Oc2cncc[n+]2CC(=O)c2ccccc2)c1. The summed E-state index contributed by atoms with van der Waals surface area (Å²) in [6.07, 6.45) is -50.0. The first-order chi connectivity index (χ1) is 37.5. The highest BCUT2D eigenvalue weighted by atomic mass is 19.4. The van der Waals surface area contributed by atoms with Gasteiger partial charge in [-0.3, -0.25) is 4.79 Å². The number of carbonyl (C=O) groups excluding carboxylic acids is 1. The van der Waals surface area contributed by atoms with Gasteiger partial charge in [0.1, 0.15) is 18.1 Å². The molecule has 0 radical (unpaired) electrons. The number of rotatable bonds is 10. The standard InChI is InChI=1S/C32H12BF24.C18H14N5O2/c34-25(35,36)13-1-14(26(37,38)39)6-21(5-13)33(22-7-15(27(40,41)42)2-16(8-22)28(43,44)45,23-9-17(29(46,47)48)3-18(10-23)30(49,50)51)24-11-19(31(52,53)54)4-20(12-24)32(55,56)57;19-22-21-15-7-4-8-16(11-15)25-18-12-20-9-10-23(18)13-17(24)14-5-2-1-3-6-14/h1-12H;1-12H,13H2/q-1;+1. The van der Waals surface area contributed by atoms with Gasteiger partial charge >= 0.3 is 55.3 Å². The molecule has 7 nitrogen and oxygen atoms in total. The Hall–Kier alpha value is -8.44. The van der Waals surface area contributed by atoms with Crippen molar-refractivity contribution in [3.63, 3.8) is 0 Å². The lowest BCUT2D eigenvalue weighted by Crippen LogP contribution is -2.75. The normalized spacial score (nSPS) is 13.0. The summed E-state index contributed by atoms with van der Waals surface area (Å²) < 4.78 is 348. The topological polar surface area (TPSA) is 91.8 Å². The van der Waals surface area contributed by atoms with Crippen molar-refractivity contribution in [3.05, 3.63) is 206 Å². The van der Waals surface area contributed by atoms with Gasteiger partial charge in [-0.25, -0.2) is 4.98 Å². The number of ketones is 1. The van der Waals surface area contributed by atoms with Crippen LogP contribution in [0.2, 0.25) is 0 Å². The van der Waals surface area contributed by atoms with Gasteiger partial charge < -0.3 is 4.74 Å². The average molecular weight is 1200 g/mol. The minimum atomic E-state index is -6.13. The lowest BCUT2D eigenvalue weighted by atomic mass is 9.12. The van der Waals surface area contributed by atoms with Gasteiger partial charge in [-0.1, -0.05) is 96.1 Å². The summed E-state index contributed by atoms with van der Waals surface area (Å²) in [5.74, 6) is 0.855. The van der Waals surface area contributed by atoms with Crippen LogP contribution in [0.1, 0.15) is 54.9 Å². The van der Waals surface area contributed by atoms with E-state index >= 15 is 0 Å². The first-order valence-corrected chi connectivity index (χ1v) is 22.1. The van der Waals surface area contributed by atoms with E-state index in [9.17, 15) is 110 Å². The first-order valence-electron chi connectivity index (χ1n) is 22.1. The Morgan fingerprint density at radius 1 is 0.463 bits per heavy atom. The van der Waals surface area contributed by atoms with Crippen molar-refractivity contribution in [3.8, 4) is 11.6 Å². The summed E-state index contributed by atoms with van der Waals surface area (Å²) in [4.78, 5) is 19.2. The second-order valence-corrected chi connectivity index (χ2v) is 17.3. The van der Waals surface area contributed by atoms with E-state index in [0.717, 1.165) is 0 Å². The van der Waals surface area contributed by atoms with E-state index in [1.807, 2.05) is 18.2 Å². The molecule has 0 fully saturated rings. The number of hydrogen-bond acceptors (Lipinski definition) is 4. The van der Waals surface area contributed by atoms with Crippen LogP contribution in [-0.4, -0.2) is 16.9 Å². The molecule has 0 spiro atoms.